The Bertz CT molecular complexity index is 1230. The summed E-state index contributed by atoms with van der Waals surface area (Å²) in [6.07, 6.45) is 0.625. The van der Waals surface area contributed by atoms with Crippen molar-refractivity contribution in [2.24, 2.45) is 5.73 Å². The predicted octanol–water partition coefficient (Wildman–Crippen LogP) is 2.23. The fraction of sp³-hybridized carbons (Fsp3) is 0.261. The molecule has 0 spiro atoms. The van der Waals surface area contributed by atoms with Gasteiger partial charge < -0.3 is 21.1 Å². The molecule has 0 bridgehead atoms. The zero-order valence-corrected chi connectivity index (χ0v) is 19.1. The minimum Gasteiger partial charge on any atom is -0.475 e. The highest BCUT2D eigenvalue weighted by Crippen LogP contribution is 2.29. The Kier molecular flexibility index (Phi) is 7.73. The number of nitrogens with two attached hydrogens (primary N) is 1. The third-order valence-corrected chi connectivity index (χ3v) is 5.41. The van der Waals surface area contributed by atoms with Crippen molar-refractivity contribution < 1.29 is 32.7 Å². The van der Waals surface area contributed by atoms with Crippen LogP contribution in [0.15, 0.2) is 61.1 Å². The highest BCUT2D eigenvalue weighted by Gasteiger charge is 2.40. The predicted molar refractivity (Wildman–Crippen MR) is 122 cm³/mol. The summed E-state index contributed by atoms with van der Waals surface area (Å²) in [5.41, 5.74) is 8.33. The molecule has 1 aliphatic rings. The minimum absolute atomic E-state index is 0.298. The standard InChI is InChI=1S/C21H22N6O2.C2HF3O2/c1-15-13-27(17-8-5-10-23-12-17)25-18(15)24-19(28)20(29)26-11-9-21(22,14-26)16-6-3-2-4-7-16;3-2(4,5)1(6)7/h2-8,10,12-13H,9,11,14,22H2,1H3,(H,24,25,28);(H,6,7). The summed E-state index contributed by atoms with van der Waals surface area (Å²) in [6.45, 7) is 2.54. The molecule has 0 radical (unpaired) electrons. The fourth-order valence-corrected chi connectivity index (χ4v) is 3.52. The third kappa shape index (κ3) is 6.24. The molecule has 4 rings (SSSR count). The summed E-state index contributed by atoms with van der Waals surface area (Å²) < 4.78 is 33.3. The molecule has 3 aromatic rings. The van der Waals surface area contributed by atoms with Gasteiger partial charge in [0, 0.05) is 31.0 Å². The summed E-state index contributed by atoms with van der Waals surface area (Å²) >= 11 is 0. The SMILES string of the molecule is Cc1cn(-c2cccnc2)nc1NC(=O)C(=O)N1CCC(N)(c2ccccc2)C1.O=C(O)C(F)(F)F. The zero-order chi connectivity index (χ0) is 26.5. The topological polar surface area (TPSA) is 143 Å². The molecule has 0 aliphatic carbocycles. The number of hydrogen-bond donors (Lipinski definition) is 3. The van der Waals surface area contributed by atoms with E-state index in [4.69, 9.17) is 15.6 Å². The number of aromatic nitrogens is 3. The van der Waals surface area contributed by atoms with Gasteiger partial charge in [0.1, 0.15) is 0 Å². The van der Waals surface area contributed by atoms with Gasteiger partial charge in [-0.1, -0.05) is 30.3 Å². The average molecular weight is 504 g/mol. The van der Waals surface area contributed by atoms with Crippen LogP contribution in [0.3, 0.4) is 0 Å². The molecular formula is C23H23F3N6O4. The van der Waals surface area contributed by atoms with E-state index in [9.17, 15) is 22.8 Å². The number of aliphatic carboxylic acids is 1. The second kappa shape index (κ2) is 10.6. The van der Waals surface area contributed by atoms with Gasteiger partial charge in [-0.3, -0.25) is 14.6 Å². The average Bonchev–Trinajstić information content (AvgIpc) is 3.43. The van der Waals surface area contributed by atoms with Crippen molar-refractivity contribution in [1.29, 1.82) is 0 Å². The van der Waals surface area contributed by atoms with Crippen molar-refractivity contribution in [3.63, 3.8) is 0 Å². The lowest BCUT2D eigenvalue weighted by Gasteiger charge is -2.25. The Morgan fingerprint density at radius 1 is 1.14 bits per heavy atom. The first kappa shape index (κ1) is 26.3. The van der Waals surface area contributed by atoms with Crippen molar-refractivity contribution in [2.75, 3.05) is 18.4 Å². The summed E-state index contributed by atoms with van der Waals surface area (Å²) in [7, 11) is 0. The van der Waals surface area contributed by atoms with Gasteiger partial charge in [0.15, 0.2) is 5.82 Å². The van der Waals surface area contributed by atoms with Crippen molar-refractivity contribution >= 4 is 23.6 Å². The van der Waals surface area contributed by atoms with Gasteiger partial charge in [0.25, 0.3) is 0 Å². The number of carboxylic acid groups (broad SMARTS) is 1. The van der Waals surface area contributed by atoms with Crippen LogP contribution in [-0.4, -0.2) is 61.8 Å². The quantitative estimate of drug-likeness (QED) is 0.464. The molecule has 4 N–H and O–H groups in total. The first-order chi connectivity index (χ1) is 16.9. The van der Waals surface area contributed by atoms with E-state index in [0.717, 1.165) is 16.8 Å². The molecule has 2 amide bonds. The van der Waals surface area contributed by atoms with Crippen LogP contribution in [-0.2, 0) is 19.9 Å². The minimum atomic E-state index is -5.08. The molecule has 1 fully saturated rings. The first-order valence-corrected chi connectivity index (χ1v) is 10.6. The Balaban J connectivity index is 0.000000454. The van der Waals surface area contributed by atoms with Crippen molar-refractivity contribution in [1.82, 2.24) is 19.7 Å². The fourth-order valence-electron chi connectivity index (χ4n) is 3.52. The number of carbonyl (C=O) groups is 3. The monoisotopic (exact) mass is 504 g/mol. The van der Waals surface area contributed by atoms with Gasteiger partial charge in [-0.2, -0.15) is 13.2 Å². The van der Waals surface area contributed by atoms with Crippen LogP contribution in [0, 0.1) is 6.92 Å². The van der Waals surface area contributed by atoms with E-state index in [1.54, 1.807) is 29.3 Å². The summed E-state index contributed by atoms with van der Waals surface area (Å²) in [6, 6.07) is 13.3. The Morgan fingerprint density at radius 3 is 2.39 bits per heavy atom. The number of nitrogens with zero attached hydrogens (tertiary/aromatic N) is 4. The van der Waals surface area contributed by atoms with E-state index < -0.39 is 29.5 Å². The lowest BCUT2D eigenvalue weighted by Crippen LogP contribution is -2.44. The van der Waals surface area contributed by atoms with Crippen LogP contribution in [0.2, 0.25) is 0 Å². The van der Waals surface area contributed by atoms with Gasteiger partial charge in [-0.15, -0.1) is 5.10 Å². The molecular weight excluding hydrogens is 481 g/mol. The molecule has 1 aromatic carbocycles. The highest BCUT2D eigenvalue weighted by atomic mass is 19.4. The van der Waals surface area contributed by atoms with Gasteiger partial charge in [-0.25, -0.2) is 9.48 Å². The molecule has 13 heteroatoms. The van der Waals surface area contributed by atoms with E-state index in [0.29, 0.717) is 25.3 Å². The highest BCUT2D eigenvalue weighted by molar-refractivity contribution is 6.39. The number of carbonyl (C=O) groups excluding carboxylic acids is 2. The number of carboxylic acids is 1. The maximum atomic E-state index is 12.7. The number of rotatable bonds is 3. The van der Waals surface area contributed by atoms with Gasteiger partial charge in [0.05, 0.1) is 17.4 Å². The van der Waals surface area contributed by atoms with Gasteiger partial charge >= 0.3 is 24.0 Å². The van der Waals surface area contributed by atoms with Crippen LogP contribution in [0.1, 0.15) is 17.5 Å². The maximum absolute atomic E-state index is 12.7. The normalized spacial score (nSPS) is 17.2. The maximum Gasteiger partial charge on any atom is 0.490 e. The number of pyridine rings is 1. The molecule has 190 valence electrons. The third-order valence-electron chi connectivity index (χ3n) is 5.41. The molecule has 1 atom stereocenters. The molecule has 1 aliphatic heterocycles. The van der Waals surface area contributed by atoms with E-state index in [-0.39, 0.29) is 0 Å². The second-order valence-electron chi connectivity index (χ2n) is 8.07. The molecule has 10 nitrogen and oxygen atoms in total. The summed E-state index contributed by atoms with van der Waals surface area (Å²) in [5.74, 6) is -3.74. The summed E-state index contributed by atoms with van der Waals surface area (Å²) in [4.78, 5) is 39.7. The van der Waals surface area contributed by atoms with Crippen LogP contribution in [0.25, 0.3) is 5.69 Å². The van der Waals surface area contributed by atoms with E-state index in [1.807, 2.05) is 43.3 Å². The number of amides is 2. The number of hydrogen-bond acceptors (Lipinski definition) is 6. The number of halogens is 3. The largest absolute Gasteiger partial charge is 0.490 e. The summed E-state index contributed by atoms with van der Waals surface area (Å²) in [5, 5.41) is 14.1. The number of nitrogens with one attached hydrogen (secondary N) is 1. The Morgan fingerprint density at radius 2 is 1.81 bits per heavy atom. The lowest BCUT2D eigenvalue weighted by molar-refractivity contribution is -0.192. The lowest BCUT2D eigenvalue weighted by atomic mass is 9.90. The van der Waals surface area contributed by atoms with Crippen molar-refractivity contribution in [3.8, 4) is 5.69 Å². The van der Waals surface area contributed by atoms with Crippen LogP contribution >= 0.6 is 0 Å². The van der Waals surface area contributed by atoms with Gasteiger partial charge in [-0.05, 0) is 31.0 Å². The van der Waals surface area contributed by atoms with Crippen molar-refractivity contribution in [3.05, 3.63) is 72.2 Å². The molecule has 36 heavy (non-hydrogen) atoms. The van der Waals surface area contributed by atoms with E-state index in [2.05, 4.69) is 15.4 Å². The van der Waals surface area contributed by atoms with Crippen LogP contribution in [0.4, 0.5) is 19.0 Å². The Labute approximate surface area is 203 Å². The van der Waals surface area contributed by atoms with Crippen molar-refractivity contribution in [2.45, 2.75) is 25.1 Å². The molecule has 1 saturated heterocycles. The van der Waals surface area contributed by atoms with E-state index in [1.165, 1.54) is 4.90 Å². The molecule has 3 heterocycles. The molecule has 0 saturated carbocycles. The number of likely N-dealkylation sites (tertiary alicyclic amines) is 1. The van der Waals surface area contributed by atoms with Gasteiger partial charge in [0.2, 0.25) is 0 Å². The number of alkyl halides is 3. The second-order valence-corrected chi connectivity index (χ2v) is 8.07. The smallest absolute Gasteiger partial charge is 0.475 e. The number of anilines is 1. The number of benzene rings is 1. The first-order valence-electron chi connectivity index (χ1n) is 10.6. The zero-order valence-electron chi connectivity index (χ0n) is 19.1. The van der Waals surface area contributed by atoms with Crippen LogP contribution in [0.5, 0.6) is 0 Å². The molecule has 1 unspecified atom stereocenters. The Hall–Kier alpha value is -4.26. The number of aryl methyl sites for hydroxylation is 1. The van der Waals surface area contributed by atoms with Crippen LogP contribution < -0.4 is 11.1 Å². The van der Waals surface area contributed by atoms with E-state index >= 15 is 0 Å². The molecule has 2 aromatic heterocycles.